The van der Waals surface area contributed by atoms with Gasteiger partial charge in [-0.2, -0.15) is 0 Å². The van der Waals surface area contributed by atoms with Gasteiger partial charge in [0.25, 0.3) is 0 Å². The zero-order chi connectivity index (χ0) is 13.7. The lowest BCUT2D eigenvalue weighted by atomic mass is 10.2. The molecule has 0 spiro atoms. The third-order valence-electron chi connectivity index (χ3n) is 2.14. The number of amides is 2. The van der Waals surface area contributed by atoms with Gasteiger partial charge in [0.1, 0.15) is 0 Å². The summed E-state index contributed by atoms with van der Waals surface area (Å²) in [7, 11) is 0. The first kappa shape index (κ1) is 14.3. The Morgan fingerprint density at radius 1 is 1.28 bits per heavy atom. The number of hydrogen-bond donors (Lipinski definition) is 4. The van der Waals surface area contributed by atoms with E-state index in [2.05, 4.69) is 10.6 Å². The molecule has 7 heteroatoms. The fraction of sp³-hybridized carbons (Fsp3) is 0.273. The number of anilines is 1. The van der Waals surface area contributed by atoms with Crippen molar-refractivity contribution < 1.29 is 19.8 Å². The summed E-state index contributed by atoms with van der Waals surface area (Å²) >= 11 is 5.68. The summed E-state index contributed by atoms with van der Waals surface area (Å²) in [6.45, 7) is 1.28. The molecule has 0 fully saturated rings. The Kier molecular flexibility index (Phi) is 4.94. The highest BCUT2D eigenvalue weighted by Gasteiger charge is 2.24. The molecule has 0 aromatic heterocycles. The quantitative estimate of drug-likeness (QED) is 0.664. The first-order valence-electron chi connectivity index (χ1n) is 5.14. The fourth-order valence-corrected chi connectivity index (χ4v) is 1.36. The van der Waals surface area contributed by atoms with Gasteiger partial charge in [-0.15, -0.1) is 0 Å². The molecule has 0 saturated heterocycles. The molecule has 18 heavy (non-hydrogen) atoms. The average molecular weight is 273 g/mol. The van der Waals surface area contributed by atoms with E-state index in [-0.39, 0.29) is 0 Å². The van der Waals surface area contributed by atoms with E-state index in [1.54, 1.807) is 24.3 Å². The van der Waals surface area contributed by atoms with Crippen molar-refractivity contribution in [3.63, 3.8) is 0 Å². The van der Waals surface area contributed by atoms with Crippen LogP contribution in [-0.4, -0.2) is 34.4 Å². The summed E-state index contributed by atoms with van der Waals surface area (Å²) in [5, 5.41) is 23.1. The number of carboxylic acid groups (broad SMARTS) is 1. The molecule has 1 aromatic carbocycles. The molecule has 0 bridgehead atoms. The number of aliphatic hydroxyl groups excluding tert-OH is 1. The van der Waals surface area contributed by atoms with Gasteiger partial charge >= 0.3 is 12.0 Å². The van der Waals surface area contributed by atoms with Gasteiger partial charge in [0.15, 0.2) is 6.04 Å². The lowest BCUT2D eigenvalue weighted by Crippen LogP contribution is -2.49. The molecule has 1 aromatic rings. The Balaban J connectivity index is 2.60. The number of rotatable bonds is 4. The van der Waals surface area contributed by atoms with Crippen LogP contribution in [-0.2, 0) is 4.79 Å². The summed E-state index contributed by atoms with van der Waals surface area (Å²) in [5.74, 6) is -1.31. The molecule has 0 saturated carbocycles. The van der Waals surface area contributed by atoms with Gasteiger partial charge in [-0.1, -0.05) is 11.6 Å². The molecule has 0 heterocycles. The molecule has 0 unspecified atom stereocenters. The van der Waals surface area contributed by atoms with Crippen molar-refractivity contribution in [1.29, 1.82) is 0 Å². The number of carbonyl (C=O) groups excluding carboxylic acids is 1. The van der Waals surface area contributed by atoms with E-state index in [1.807, 2.05) is 0 Å². The zero-order valence-corrected chi connectivity index (χ0v) is 10.3. The SMILES string of the molecule is C[C@@H](O)[C@H](NC(=O)Nc1ccc(Cl)cc1)C(=O)O. The van der Waals surface area contributed by atoms with Crippen LogP contribution in [0.3, 0.4) is 0 Å². The molecule has 4 N–H and O–H groups in total. The molecule has 6 nitrogen and oxygen atoms in total. The van der Waals surface area contributed by atoms with Crippen LogP contribution in [0.2, 0.25) is 5.02 Å². The van der Waals surface area contributed by atoms with Gasteiger partial charge in [-0.05, 0) is 31.2 Å². The first-order chi connectivity index (χ1) is 8.40. The largest absolute Gasteiger partial charge is 0.480 e. The van der Waals surface area contributed by atoms with Crippen molar-refractivity contribution in [2.75, 3.05) is 5.32 Å². The smallest absolute Gasteiger partial charge is 0.328 e. The predicted octanol–water partition coefficient (Wildman–Crippen LogP) is 1.30. The Hall–Kier alpha value is -1.79. The van der Waals surface area contributed by atoms with Crippen LogP contribution in [0.4, 0.5) is 10.5 Å². The second-order valence-electron chi connectivity index (χ2n) is 3.66. The molecule has 0 aliphatic heterocycles. The molecular weight excluding hydrogens is 260 g/mol. The minimum atomic E-state index is -1.36. The minimum Gasteiger partial charge on any atom is -0.480 e. The summed E-state index contributed by atoms with van der Waals surface area (Å²) in [6.07, 6.45) is -1.20. The van der Waals surface area contributed by atoms with E-state index in [0.717, 1.165) is 0 Å². The van der Waals surface area contributed by atoms with Crippen molar-refractivity contribution in [3.05, 3.63) is 29.3 Å². The van der Waals surface area contributed by atoms with Gasteiger partial charge in [0.05, 0.1) is 6.10 Å². The standard InChI is InChI=1S/C11H13ClN2O4/c1-6(15)9(10(16)17)14-11(18)13-8-4-2-7(12)3-5-8/h2-6,9,15H,1H3,(H,16,17)(H2,13,14,18)/t6-,9+/m1/s1. The van der Waals surface area contributed by atoms with Gasteiger partial charge in [-0.3, -0.25) is 0 Å². The van der Waals surface area contributed by atoms with Crippen LogP contribution < -0.4 is 10.6 Å². The predicted molar refractivity (Wildman–Crippen MR) is 66.7 cm³/mol. The van der Waals surface area contributed by atoms with Gasteiger partial charge in [0, 0.05) is 10.7 Å². The lowest BCUT2D eigenvalue weighted by Gasteiger charge is -2.17. The van der Waals surface area contributed by atoms with E-state index in [1.165, 1.54) is 6.92 Å². The maximum Gasteiger partial charge on any atom is 0.328 e. The maximum atomic E-state index is 11.5. The molecular formula is C11H13ClN2O4. The Morgan fingerprint density at radius 3 is 2.28 bits per heavy atom. The number of carbonyl (C=O) groups is 2. The number of aliphatic hydroxyl groups is 1. The van der Waals surface area contributed by atoms with Gasteiger partial charge < -0.3 is 20.8 Å². The number of halogens is 1. The van der Waals surface area contributed by atoms with Crippen LogP contribution in [0.25, 0.3) is 0 Å². The van der Waals surface area contributed by atoms with E-state index in [9.17, 15) is 14.7 Å². The van der Waals surface area contributed by atoms with Crippen LogP contribution in [0, 0.1) is 0 Å². The lowest BCUT2D eigenvalue weighted by molar-refractivity contribution is -0.141. The number of carboxylic acids is 1. The van der Waals surface area contributed by atoms with Gasteiger partial charge in [0.2, 0.25) is 0 Å². The molecule has 2 amide bonds. The zero-order valence-electron chi connectivity index (χ0n) is 9.55. The van der Waals surface area contributed by atoms with Crippen LogP contribution >= 0.6 is 11.6 Å². The summed E-state index contributed by atoms with van der Waals surface area (Å²) < 4.78 is 0. The van der Waals surface area contributed by atoms with Crippen molar-refractivity contribution in [1.82, 2.24) is 5.32 Å². The maximum absolute atomic E-state index is 11.5. The molecule has 2 atom stereocenters. The highest BCUT2D eigenvalue weighted by Crippen LogP contribution is 2.13. The Labute approximate surface area is 109 Å². The molecule has 0 aliphatic rings. The Bertz CT molecular complexity index is 433. The van der Waals surface area contributed by atoms with E-state index >= 15 is 0 Å². The second kappa shape index (κ2) is 6.23. The first-order valence-corrected chi connectivity index (χ1v) is 5.52. The minimum absolute atomic E-state index is 0.464. The Morgan fingerprint density at radius 2 is 1.83 bits per heavy atom. The van der Waals surface area contributed by atoms with Gasteiger partial charge in [-0.25, -0.2) is 9.59 Å². The third kappa shape index (κ3) is 4.23. The number of aliphatic carboxylic acids is 1. The molecule has 0 aliphatic carbocycles. The third-order valence-corrected chi connectivity index (χ3v) is 2.39. The summed E-state index contributed by atoms with van der Waals surface area (Å²) in [4.78, 5) is 22.2. The van der Waals surface area contributed by atoms with E-state index in [4.69, 9.17) is 16.7 Å². The molecule has 98 valence electrons. The topological polar surface area (TPSA) is 98.7 Å². The number of nitrogens with one attached hydrogen (secondary N) is 2. The van der Waals surface area contributed by atoms with Crippen molar-refractivity contribution in [2.45, 2.75) is 19.1 Å². The molecule has 0 radical (unpaired) electrons. The number of urea groups is 1. The number of hydrogen-bond acceptors (Lipinski definition) is 3. The van der Waals surface area contributed by atoms with Crippen molar-refractivity contribution in [3.8, 4) is 0 Å². The summed E-state index contributed by atoms with van der Waals surface area (Å²) in [5.41, 5.74) is 0.464. The van der Waals surface area contributed by atoms with Crippen molar-refractivity contribution in [2.24, 2.45) is 0 Å². The fourth-order valence-electron chi connectivity index (χ4n) is 1.23. The summed E-state index contributed by atoms with van der Waals surface area (Å²) in [6, 6.07) is 4.23. The average Bonchev–Trinajstić information content (AvgIpc) is 2.28. The van der Waals surface area contributed by atoms with Crippen LogP contribution in [0.1, 0.15) is 6.92 Å². The van der Waals surface area contributed by atoms with Crippen molar-refractivity contribution >= 4 is 29.3 Å². The monoisotopic (exact) mass is 272 g/mol. The van der Waals surface area contributed by atoms with Crippen LogP contribution in [0.5, 0.6) is 0 Å². The number of benzene rings is 1. The second-order valence-corrected chi connectivity index (χ2v) is 4.10. The van der Waals surface area contributed by atoms with Crippen LogP contribution in [0.15, 0.2) is 24.3 Å². The normalized spacial score (nSPS) is 13.5. The van der Waals surface area contributed by atoms with E-state index < -0.39 is 24.1 Å². The highest BCUT2D eigenvalue weighted by atomic mass is 35.5. The highest BCUT2D eigenvalue weighted by molar-refractivity contribution is 6.30. The molecule has 1 rings (SSSR count). The van der Waals surface area contributed by atoms with E-state index in [0.29, 0.717) is 10.7 Å².